The standard InChI is InChI=1S/C15H25N3O/c1-15(11-16,12-8-9-12)17-14(19)10-18(2)13-6-4-3-5-7-13/h12-13H,3-10H2,1-2H3,(H,17,19). The van der Waals surface area contributed by atoms with Crippen molar-refractivity contribution in [2.45, 2.75) is 63.5 Å². The van der Waals surface area contributed by atoms with E-state index in [1.807, 2.05) is 14.0 Å². The molecule has 2 rings (SSSR count). The molecule has 2 aliphatic rings. The minimum Gasteiger partial charge on any atom is -0.337 e. The van der Waals surface area contributed by atoms with E-state index in [4.69, 9.17) is 0 Å². The van der Waals surface area contributed by atoms with Gasteiger partial charge in [0.1, 0.15) is 5.54 Å². The van der Waals surface area contributed by atoms with Gasteiger partial charge in [0.2, 0.25) is 5.91 Å². The molecule has 2 aliphatic carbocycles. The SMILES string of the molecule is CN(CC(=O)NC(C)(C#N)C1CC1)C1CCCCC1. The van der Waals surface area contributed by atoms with E-state index in [1.165, 1.54) is 32.1 Å². The summed E-state index contributed by atoms with van der Waals surface area (Å²) >= 11 is 0. The lowest BCUT2D eigenvalue weighted by Crippen LogP contribution is -2.51. The lowest BCUT2D eigenvalue weighted by atomic mass is 9.94. The fraction of sp³-hybridized carbons (Fsp3) is 0.867. The Morgan fingerprint density at radius 3 is 2.47 bits per heavy atom. The summed E-state index contributed by atoms with van der Waals surface area (Å²) < 4.78 is 0. The van der Waals surface area contributed by atoms with E-state index >= 15 is 0 Å². The Labute approximate surface area is 116 Å². The summed E-state index contributed by atoms with van der Waals surface area (Å²) in [6.07, 6.45) is 8.38. The van der Waals surface area contributed by atoms with Gasteiger partial charge in [-0.25, -0.2) is 0 Å². The van der Waals surface area contributed by atoms with E-state index in [-0.39, 0.29) is 5.91 Å². The summed E-state index contributed by atoms with van der Waals surface area (Å²) in [5.41, 5.74) is -0.662. The molecule has 0 aromatic rings. The van der Waals surface area contributed by atoms with Crippen molar-refractivity contribution in [2.75, 3.05) is 13.6 Å². The fourth-order valence-electron chi connectivity index (χ4n) is 3.09. The minimum atomic E-state index is -0.662. The maximum absolute atomic E-state index is 12.1. The number of carbonyl (C=O) groups is 1. The Morgan fingerprint density at radius 1 is 1.32 bits per heavy atom. The van der Waals surface area contributed by atoms with Crippen molar-refractivity contribution in [1.29, 1.82) is 5.26 Å². The van der Waals surface area contributed by atoms with Crippen molar-refractivity contribution in [2.24, 2.45) is 5.92 Å². The second kappa shape index (κ2) is 5.92. The highest BCUT2D eigenvalue weighted by atomic mass is 16.2. The number of nitriles is 1. The highest BCUT2D eigenvalue weighted by Crippen LogP contribution is 2.39. The molecule has 0 aromatic carbocycles. The summed E-state index contributed by atoms with van der Waals surface area (Å²) in [4.78, 5) is 14.3. The summed E-state index contributed by atoms with van der Waals surface area (Å²) in [5.74, 6) is 0.338. The normalized spacial score (nSPS) is 23.7. The van der Waals surface area contributed by atoms with Gasteiger partial charge in [0.25, 0.3) is 0 Å². The van der Waals surface area contributed by atoms with E-state index < -0.39 is 5.54 Å². The summed E-state index contributed by atoms with van der Waals surface area (Å²) in [5, 5.41) is 12.2. The van der Waals surface area contributed by atoms with Crippen LogP contribution in [0.5, 0.6) is 0 Å². The van der Waals surface area contributed by atoms with Crippen LogP contribution in [0.25, 0.3) is 0 Å². The van der Waals surface area contributed by atoms with Crippen LogP contribution in [0.1, 0.15) is 51.9 Å². The van der Waals surface area contributed by atoms with Crippen LogP contribution in [0.15, 0.2) is 0 Å². The third-order valence-corrected chi connectivity index (χ3v) is 4.62. The molecule has 1 atom stereocenters. The summed E-state index contributed by atoms with van der Waals surface area (Å²) in [6, 6.07) is 2.81. The van der Waals surface area contributed by atoms with Crippen LogP contribution in [0.3, 0.4) is 0 Å². The summed E-state index contributed by atoms with van der Waals surface area (Å²) in [6.45, 7) is 2.26. The first-order chi connectivity index (χ1) is 9.05. The molecule has 4 heteroatoms. The zero-order chi connectivity index (χ0) is 13.9. The molecule has 19 heavy (non-hydrogen) atoms. The zero-order valence-corrected chi connectivity index (χ0v) is 12.1. The topological polar surface area (TPSA) is 56.1 Å². The van der Waals surface area contributed by atoms with Gasteiger partial charge >= 0.3 is 0 Å². The summed E-state index contributed by atoms with van der Waals surface area (Å²) in [7, 11) is 2.02. The molecule has 0 saturated heterocycles. The van der Waals surface area contributed by atoms with Crippen molar-refractivity contribution in [1.82, 2.24) is 10.2 Å². The molecule has 0 heterocycles. The van der Waals surface area contributed by atoms with Crippen LogP contribution < -0.4 is 5.32 Å². The maximum Gasteiger partial charge on any atom is 0.235 e. The van der Waals surface area contributed by atoms with Gasteiger partial charge < -0.3 is 5.32 Å². The molecule has 2 fully saturated rings. The van der Waals surface area contributed by atoms with E-state index in [2.05, 4.69) is 16.3 Å². The van der Waals surface area contributed by atoms with Gasteiger partial charge in [-0.15, -0.1) is 0 Å². The Bertz CT molecular complexity index is 366. The van der Waals surface area contributed by atoms with Gasteiger partial charge in [-0.05, 0) is 45.6 Å². The lowest BCUT2D eigenvalue weighted by Gasteiger charge is -2.32. The Morgan fingerprint density at radius 2 is 1.95 bits per heavy atom. The fourth-order valence-corrected chi connectivity index (χ4v) is 3.09. The Kier molecular flexibility index (Phi) is 4.46. The number of hydrogen-bond donors (Lipinski definition) is 1. The van der Waals surface area contributed by atoms with Gasteiger partial charge in [-0.2, -0.15) is 5.26 Å². The van der Waals surface area contributed by atoms with E-state index in [1.54, 1.807) is 0 Å². The molecule has 4 nitrogen and oxygen atoms in total. The van der Waals surface area contributed by atoms with Crippen LogP contribution in [0.4, 0.5) is 0 Å². The first kappa shape index (κ1) is 14.3. The van der Waals surface area contributed by atoms with Crippen molar-refractivity contribution in [3.63, 3.8) is 0 Å². The van der Waals surface area contributed by atoms with Crippen molar-refractivity contribution in [3.8, 4) is 6.07 Å². The molecule has 0 spiro atoms. The number of likely N-dealkylation sites (N-methyl/N-ethyl adjacent to an activating group) is 1. The molecule has 0 bridgehead atoms. The number of amides is 1. The predicted octanol–water partition coefficient (Wildman–Crippen LogP) is 2.06. The minimum absolute atomic E-state index is 0.0102. The first-order valence-corrected chi connectivity index (χ1v) is 7.47. The number of nitrogens with one attached hydrogen (secondary N) is 1. The second-order valence-corrected chi connectivity index (χ2v) is 6.34. The number of carbonyl (C=O) groups excluding carboxylic acids is 1. The molecular formula is C15H25N3O. The largest absolute Gasteiger partial charge is 0.337 e. The second-order valence-electron chi connectivity index (χ2n) is 6.34. The highest BCUT2D eigenvalue weighted by molar-refractivity contribution is 5.79. The molecule has 1 amide bonds. The molecular weight excluding hydrogens is 238 g/mol. The Hall–Kier alpha value is -1.08. The number of hydrogen-bond acceptors (Lipinski definition) is 3. The predicted molar refractivity (Wildman–Crippen MR) is 74.4 cm³/mol. The number of rotatable bonds is 5. The van der Waals surface area contributed by atoms with Gasteiger partial charge in [-0.3, -0.25) is 9.69 Å². The molecule has 0 aromatic heterocycles. The average molecular weight is 263 g/mol. The smallest absolute Gasteiger partial charge is 0.235 e. The molecule has 106 valence electrons. The van der Waals surface area contributed by atoms with Crippen molar-refractivity contribution in [3.05, 3.63) is 0 Å². The van der Waals surface area contributed by atoms with Crippen molar-refractivity contribution < 1.29 is 4.79 Å². The molecule has 2 saturated carbocycles. The van der Waals surface area contributed by atoms with E-state index in [0.717, 1.165) is 12.8 Å². The number of nitrogens with zero attached hydrogens (tertiary/aromatic N) is 2. The third kappa shape index (κ3) is 3.70. The molecule has 0 aliphatic heterocycles. The zero-order valence-electron chi connectivity index (χ0n) is 12.1. The molecule has 1 N–H and O–H groups in total. The molecule has 1 unspecified atom stereocenters. The van der Waals surface area contributed by atoms with Gasteiger partial charge in [0, 0.05) is 6.04 Å². The van der Waals surface area contributed by atoms with Crippen LogP contribution in [-0.2, 0) is 4.79 Å². The van der Waals surface area contributed by atoms with E-state index in [0.29, 0.717) is 18.5 Å². The third-order valence-electron chi connectivity index (χ3n) is 4.62. The van der Waals surface area contributed by atoms with E-state index in [9.17, 15) is 10.1 Å². The average Bonchev–Trinajstić information content (AvgIpc) is 3.24. The quantitative estimate of drug-likeness (QED) is 0.826. The van der Waals surface area contributed by atoms with Gasteiger partial charge in [-0.1, -0.05) is 19.3 Å². The first-order valence-electron chi connectivity index (χ1n) is 7.47. The lowest BCUT2D eigenvalue weighted by molar-refractivity contribution is -0.124. The van der Waals surface area contributed by atoms with Crippen LogP contribution in [0.2, 0.25) is 0 Å². The molecule has 0 radical (unpaired) electrons. The highest BCUT2D eigenvalue weighted by Gasteiger charge is 2.43. The monoisotopic (exact) mass is 263 g/mol. The van der Waals surface area contributed by atoms with Crippen LogP contribution in [-0.4, -0.2) is 36.0 Å². The van der Waals surface area contributed by atoms with Crippen LogP contribution >= 0.6 is 0 Å². The van der Waals surface area contributed by atoms with Gasteiger partial charge in [0.05, 0.1) is 12.6 Å². The Balaban J connectivity index is 1.81. The maximum atomic E-state index is 12.1. The van der Waals surface area contributed by atoms with Crippen molar-refractivity contribution >= 4 is 5.91 Å². The van der Waals surface area contributed by atoms with Gasteiger partial charge in [0.15, 0.2) is 0 Å². The van der Waals surface area contributed by atoms with Crippen LogP contribution in [0, 0.1) is 17.2 Å².